The third-order valence-corrected chi connectivity index (χ3v) is 4.13. The molecule has 3 N–H and O–H groups in total. The van der Waals surface area contributed by atoms with Gasteiger partial charge >= 0.3 is 0 Å². The predicted octanol–water partition coefficient (Wildman–Crippen LogP) is 3.38. The molecule has 3 rings (SSSR count). The molecule has 22 heavy (non-hydrogen) atoms. The molecule has 1 atom stereocenters. The molecule has 0 fully saturated rings. The summed E-state index contributed by atoms with van der Waals surface area (Å²) in [5.41, 5.74) is 4.69. The van der Waals surface area contributed by atoms with E-state index in [1.165, 1.54) is 16.5 Å². The average Bonchev–Trinajstić information content (AvgIpc) is 2.96. The topological polar surface area (TPSA) is 48.0 Å². The van der Waals surface area contributed by atoms with Crippen LogP contribution in [-0.2, 0) is 19.6 Å². The molecule has 114 valence electrons. The average molecular weight is 294 g/mol. The normalized spacial score (nSPS) is 12.6. The Morgan fingerprint density at radius 3 is 2.55 bits per heavy atom. The number of aromatic amines is 1. The smallest absolute Gasteiger partial charge is 0.0685 e. The van der Waals surface area contributed by atoms with E-state index in [2.05, 4.69) is 53.8 Å². The number of rotatable bonds is 6. The standard InChI is InChI=1S/C19H22N2O/c1-14(20-11-15-6-2-3-7-16(15)13-22)10-17-12-21-19-9-5-4-8-18(17)19/h2-9,12,14,20-22H,10-11,13H2,1H3. The fourth-order valence-corrected chi connectivity index (χ4v) is 2.87. The van der Waals surface area contributed by atoms with Crippen LogP contribution in [0.15, 0.2) is 54.7 Å². The monoisotopic (exact) mass is 294 g/mol. The van der Waals surface area contributed by atoms with Crippen molar-refractivity contribution in [3.05, 3.63) is 71.4 Å². The van der Waals surface area contributed by atoms with Crippen molar-refractivity contribution >= 4 is 10.9 Å². The number of aliphatic hydroxyl groups excluding tert-OH is 1. The summed E-state index contributed by atoms with van der Waals surface area (Å²) in [4.78, 5) is 3.32. The molecule has 3 nitrogen and oxygen atoms in total. The van der Waals surface area contributed by atoms with Crippen molar-refractivity contribution in [3.8, 4) is 0 Å². The van der Waals surface area contributed by atoms with E-state index in [1.54, 1.807) is 0 Å². The first kappa shape index (κ1) is 14.8. The van der Waals surface area contributed by atoms with Gasteiger partial charge in [0.2, 0.25) is 0 Å². The Labute approximate surface area is 131 Å². The van der Waals surface area contributed by atoms with Crippen molar-refractivity contribution in [2.24, 2.45) is 0 Å². The summed E-state index contributed by atoms with van der Waals surface area (Å²) in [7, 11) is 0. The zero-order chi connectivity index (χ0) is 15.4. The molecule has 0 amide bonds. The van der Waals surface area contributed by atoms with E-state index >= 15 is 0 Å². The quantitative estimate of drug-likeness (QED) is 0.652. The van der Waals surface area contributed by atoms with Crippen molar-refractivity contribution in [1.29, 1.82) is 0 Å². The van der Waals surface area contributed by atoms with Gasteiger partial charge in [0.25, 0.3) is 0 Å². The first-order valence-electron chi connectivity index (χ1n) is 7.74. The van der Waals surface area contributed by atoms with Gasteiger partial charge in [-0.2, -0.15) is 0 Å². The number of aliphatic hydroxyl groups is 1. The lowest BCUT2D eigenvalue weighted by Crippen LogP contribution is -2.27. The van der Waals surface area contributed by atoms with Crippen LogP contribution < -0.4 is 5.32 Å². The summed E-state index contributed by atoms with van der Waals surface area (Å²) in [6, 6.07) is 16.8. The SMILES string of the molecule is CC(Cc1c[nH]c2ccccc12)NCc1ccccc1CO. The fourth-order valence-electron chi connectivity index (χ4n) is 2.87. The van der Waals surface area contributed by atoms with Crippen LogP contribution in [0.25, 0.3) is 10.9 Å². The minimum Gasteiger partial charge on any atom is -0.392 e. The first-order chi connectivity index (χ1) is 10.8. The van der Waals surface area contributed by atoms with Gasteiger partial charge in [0.15, 0.2) is 0 Å². The molecule has 0 aliphatic rings. The number of aromatic nitrogens is 1. The molecule has 3 aromatic rings. The van der Waals surface area contributed by atoms with Gasteiger partial charge in [-0.1, -0.05) is 42.5 Å². The maximum atomic E-state index is 9.38. The van der Waals surface area contributed by atoms with E-state index in [-0.39, 0.29) is 6.61 Å². The van der Waals surface area contributed by atoms with Crippen molar-refractivity contribution in [2.75, 3.05) is 0 Å². The van der Waals surface area contributed by atoms with Crippen LogP contribution in [0.3, 0.4) is 0 Å². The number of nitrogens with one attached hydrogen (secondary N) is 2. The van der Waals surface area contributed by atoms with Crippen molar-refractivity contribution < 1.29 is 5.11 Å². The molecule has 0 aliphatic carbocycles. The maximum Gasteiger partial charge on any atom is 0.0685 e. The predicted molar refractivity (Wildman–Crippen MR) is 90.7 cm³/mol. The number of hydrogen-bond donors (Lipinski definition) is 3. The molecule has 0 aliphatic heterocycles. The fraction of sp³-hybridized carbons (Fsp3) is 0.263. The van der Waals surface area contributed by atoms with Crippen molar-refractivity contribution in [1.82, 2.24) is 10.3 Å². The molecule has 1 unspecified atom stereocenters. The van der Waals surface area contributed by atoms with E-state index in [0.717, 1.165) is 24.1 Å². The van der Waals surface area contributed by atoms with Gasteiger partial charge in [-0.3, -0.25) is 0 Å². The van der Waals surface area contributed by atoms with E-state index in [9.17, 15) is 5.11 Å². The van der Waals surface area contributed by atoms with E-state index in [4.69, 9.17) is 0 Å². The summed E-state index contributed by atoms with van der Waals surface area (Å²) < 4.78 is 0. The van der Waals surface area contributed by atoms with E-state index < -0.39 is 0 Å². The van der Waals surface area contributed by atoms with Crippen LogP contribution in [0.1, 0.15) is 23.6 Å². The Morgan fingerprint density at radius 1 is 1.00 bits per heavy atom. The van der Waals surface area contributed by atoms with Crippen LogP contribution >= 0.6 is 0 Å². The lowest BCUT2D eigenvalue weighted by molar-refractivity contribution is 0.280. The molecule has 3 heteroatoms. The third kappa shape index (κ3) is 3.21. The Balaban J connectivity index is 1.64. The summed E-state index contributed by atoms with van der Waals surface area (Å²) in [5, 5.41) is 14.2. The molecular weight excluding hydrogens is 272 g/mol. The van der Waals surface area contributed by atoms with Crippen LogP contribution in [0.2, 0.25) is 0 Å². The number of benzene rings is 2. The lowest BCUT2D eigenvalue weighted by atomic mass is 10.0. The Kier molecular flexibility index (Phi) is 4.56. The van der Waals surface area contributed by atoms with Gasteiger partial charge in [0, 0.05) is 29.7 Å². The second-order valence-electron chi connectivity index (χ2n) is 5.77. The summed E-state index contributed by atoms with van der Waals surface area (Å²) in [6.07, 6.45) is 3.08. The molecule has 0 bridgehead atoms. The van der Waals surface area contributed by atoms with Crippen LogP contribution in [0.4, 0.5) is 0 Å². The molecule has 1 heterocycles. The van der Waals surface area contributed by atoms with Crippen molar-refractivity contribution in [2.45, 2.75) is 32.5 Å². The molecular formula is C19H22N2O. The van der Waals surface area contributed by atoms with Crippen LogP contribution in [-0.4, -0.2) is 16.1 Å². The van der Waals surface area contributed by atoms with Gasteiger partial charge in [0.05, 0.1) is 6.61 Å². The Bertz CT molecular complexity index is 748. The minimum absolute atomic E-state index is 0.0919. The molecule has 0 saturated carbocycles. The first-order valence-corrected chi connectivity index (χ1v) is 7.74. The Hall–Kier alpha value is -2.10. The zero-order valence-corrected chi connectivity index (χ0v) is 12.8. The highest BCUT2D eigenvalue weighted by atomic mass is 16.3. The number of H-pyrrole nitrogens is 1. The van der Waals surface area contributed by atoms with Crippen molar-refractivity contribution in [3.63, 3.8) is 0 Å². The van der Waals surface area contributed by atoms with Gasteiger partial charge in [-0.15, -0.1) is 0 Å². The van der Waals surface area contributed by atoms with Crippen LogP contribution in [0, 0.1) is 0 Å². The Morgan fingerprint density at radius 2 is 1.73 bits per heavy atom. The molecule has 2 aromatic carbocycles. The van der Waals surface area contributed by atoms with Gasteiger partial charge < -0.3 is 15.4 Å². The highest BCUT2D eigenvalue weighted by Gasteiger charge is 2.09. The lowest BCUT2D eigenvalue weighted by Gasteiger charge is -2.15. The van der Waals surface area contributed by atoms with Gasteiger partial charge in [-0.25, -0.2) is 0 Å². The van der Waals surface area contributed by atoms with Gasteiger partial charge in [0.1, 0.15) is 0 Å². The summed E-state index contributed by atoms with van der Waals surface area (Å²) in [5.74, 6) is 0. The van der Waals surface area contributed by atoms with Gasteiger partial charge in [-0.05, 0) is 36.1 Å². The second-order valence-corrected chi connectivity index (χ2v) is 5.77. The maximum absolute atomic E-state index is 9.38. The zero-order valence-electron chi connectivity index (χ0n) is 12.8. The van der Waals surface area contributed by atoms with Crippen LogP contribution in [0.5, 0.6) is 0 Å². The minimum atomic E-state index is 0.0919. The molecule has 0 saturated heterocycles. The highest BCUT2D eigenvalue weighted by Crippen LogP contribution is 2.19. The second kappa shape index (κ2) is 6.77. The summed E-state index contributed by atoms with van der Waals surface area (Å²) >= 11 is 0. The van der Waals surface area contributed by atoms with E-state index in [0.29, 0.717) is 6.04 Å². The molecule has 1 aromatic heterocycles. The third-order valence-electron chi connectivity index (χ3n) is 4.13. The number of hydrogen-bond acceptors (Lipinski definition) is 2. The molecule has 0 radical (unpaired) electrons. The molecule has 0 spiro atoms. The number of fused-ring (bicyclic) bond motifs is 1. The summed E-state index contributed by atoms with van der Waals surface area (Å²) in [6.45, 7) is 3.07. The number of para-hydroxylation sites is 1. The highest BCUT2D eigenvalue weighted by molar-refractivity contribution is 5.83. The van der Waals surface area contributed by atoms with E-state index in [1.807, 2.05) is 18.2 Å². The largest absolute Gasteiger partial charge is 0.392 e.